The molecule has 0 fully saturated rings. The second kappa shape index (κ2) is 9.46. The van der Waals surface area contributed by atoms with Crippen molar-refractivity contribution in [2.75, 3.05) is 10.2 Å². The first-order valence-corrected chi connectivity index (χ1v) is 10.3. The number of pyridine rings is 1. The maximum Gasteiger partial charge on any atom is 0.412 e. The highest BCUT2D eigenvalue weighted by atomic mass is 35.5. The Morgan fingerprint density at radius 2 is 1.69 bits per heavy atom. The minimum absolute atomic E-state index is 0.293. The Bertz CT molecular complexity index is 1130. The average Bonchev–Trinajstić information content (AvgIpc) is 2.71. The van der Waals surface area contributed by atoms with Gasteiger partial charge in [0.05, 0.1) is 21.9 Å². The maximum atomic E-state index is 12.3. The lowest BCUT2D eigenvalue weighted by molar-refractivity contribution is 0.102. The molecular formula is C23H21Cl2N3O4. The molecule has 2 amide bonds. The van der Waals surface area contributed by atoms with Gasteiger partial charge in [-0.1, -0.05) is 23.2 Å². The van der Waals surface area contributed by atoms with E-state index < -0.39 is 11.6 Å². The number of ether oxygens (including phenoxy) is 1. The van der Waals surface area contributed by atoms with Crippen LogP contribution in [0, 0.1) is 0 Å². The third-order valence-corrected chi connectivity index (χ3v) is 5.09. The fraction of sp³-hybridized carbons (Fsp3) is 0.174. The molecule has 0 saturated carbocycles. The van der Waals surface area contributed by atoms with E-state index in [4.69, 9.17) is 27.9 Å². The van der Waals surface area contributed by atoms with Crippen molar-refractivity contribution in [3.8, 4) is 11.6 Å². The smallest absolute Gasteiger partial charge is 0.412 e. The van der Waals surface area contributed by atoms with Gasteiger partial charge in [0.2, 0.25) is 5.88 Å². The SMILES string of the molecule is CC(C)(C)N(C(=O)O)c1ccc(Oc2ccc(NC(=O)c3ccc(Cl)c(Cl)c3)cn2)cc1. The van der Waals surface area contributed by atoms with Gasteiger partial charge in [0.1, 0.15) is 5.75 Å². The number of anilines is 2. The first-order valence-electron chi connectivity index (χ1n) is 9.58. The normalized spacial score (nSPS) is 11.0. The van der Waals surface area contributed by atoms with Gasteiger partial charge < -0.3 is 15.2 Å². The second-order valence-electron chi connectivity index (χ2n) is 7.85. The molecule has 3 rings (SSSR count). The summed E-state index contributed by atoms with van der Waals surface area (Å²) in [6.07, 6.45) is 0.427. The minimum Gasteiger partial charge on any atom is -0.465 e. The van der Waals surface area contributed by atoms with E-state index in [0.29, 0.717) is 38.6 Å². The zero-order chi connectivity index (χ0) is 23.5. The molecule has 32 heavy (non-hydrogen) atoms. The molecule has 0 atom stereocenters. The van der Waals surface area contributed by atoms with Crippen LogP contribution in [0.25, 0.3) is 0 Å². The number of halogens is 2. The number of nitrogens with one attached hydrogen (secondary N) is 1. The van der Waals surface area contributed by atoms with E-state index >= 15 is 0 Å². The van der Waals surface area contributed by atoms with Crippen LogP contribution in [-0.2, 0) is 0 Å². The topological polar surface area (TPSA) is 91.8 Å². The van der Waals surface area contributed by atoms with E-state index in [1.807, 2.05) is 20.8 Å². The van der Waals surface area contributed by atoms with Crippen molar-refractivity contribution in [3.05, 3.63) is 76.4 Å². The summed E-state index contributed by atoms with van der Waals surface area (Å²) in [7, 11) is 0. The molecule has 9 heteroatoms. The number of nitrogens with zero attached hydrogens (tertiary/aromatic N) is 2. The standard InChI is InChI=1S/C23H21Cl2N3O4/c1-23(2,3)28(22(30)31)16-6-8-17(9-7-16)32-20-11-5-15(13-26-20)27-21(29)14-4-10-18(24)19(25)12-14/h4-13H,1-3H3,(H,27,29)(H,30,31). The van der Waals surface area contributed by atoms with Crippen molar-refractivity contribution in [1.29, 1.82) is 0 Å². The molecule has 0 radical (unpaired) electrons. The molecule has 0 saturated heterocycles. The maximum absolute atomic E-state index is 12.3. The number of benzene rings is 2. The van der Waals surface area contributed by atoms with Crippen LogP contribution < -0.4 is 15.0 Å². The van der Waals surface area contributed by atoms with E-state index in [2.05, 4.69) is 10.3 Å². The van der Waals surface area contributed by atoms with Crippen molar-refractivity contribution < 1.29 is 19.4 Å². The zero-order valence-electron chi connectivity index (χ0n) is 17.6. The monoisotopic (exact) mass is 473 g/mol. The molecule has 2 aromatic carbocycles. The zero-order valence-corrected chi connectivity index (χ0v) is 19.1. The summed E-state index contributed by atoms with van der Waals surface area (Å²) < 4.78 is 5.71. The van der Waals surface area contributed by atoms with Crippen LogP contribution in [0.4, 0.5) is 16.2 Å². The van der Waals surface area contributed by atoms with Gasteiger partial charge in [-0.3, -0.25) is 9.69 Å². The van der Waals surface area contributed by atoms with Crippen LogP contribution in [-0.4, -0.2) is 27.6 Å². The van der Waals surface area contributed by atoms with Gasteiger partial charge in [-0.25, -0.2) is 9.78 Å². The molecule has 0 unspecified atom stereocenters. The highest BCUT2D eigenvalue weighted by Gasteiger charge is 2.27. The summed E-state index contributed by atoms with van der Waals surface area (Å²) in [5.41, 5.74) is 0.787. The van der Waals surface area contributed by atoms with Gasteiger partial charge in [0.25, 0.3) is 5.91 Å². The predicted molar refractivity (Wildman–Crippen MR) is 125 cm³/mol. The van der Waals surface area contributed by atoms with Gasteiger partial charge in [-0.2, -0.15) is 0 Å². The molecule has 0 aliphatic heterocycles. The third kappa shape index (κ3) is 5.69. The first-order chi connectivity index (χ1) is 15.0. The van der Waals surface area contributed by atoms with E-state index in [0.717, 1.165) is 0 Å². The quantitative estimate of drug-likeness (QED) is 0.429. The Balaban J connectivity index is 1.66. The van der Waals surface area contributed by atoms with Crippen LogP contribution in [0.1, 0.15) is 31.1 Å². The van der Waals surface area contributed by atoms with Crippen LogP contribution in [0.3, 0.4) is 0 Å². The first kappa shape index (κ1) is 23.4. The number of carboxylic acid groups (broad SMARTS) is 1. The van der Waals surface area contributed by atoms with Crippen molar-refractivity contribution in [2.45, 2.75) is 26.3 Å². The Labute approximate surface area is 195 Å². The number of hydrogen-bond acceptors (Lipinski definition) is 4. The van der Waals surface area contributed by atoms with Crippen molar-refractivity contribution in [3.63, 3.8) is 0 Å². The van der Waals surface area contributed by atoms with Crippen molar-refractivity contribution in [1.82, 2.24) is 4.98 Å². The molecule has 2 N–H and O–H groups in total. The second-order valence-corrected chi connectivity index (χ2v) is 8.67. The largest absolute Gasteiger partial charge is 0.465 e. The van der Waals surface area contributed by atoms with Crippen LogP contribution in [0.15, 0.2) is 60.8 Å². The third-order valence-electron chi connectivity index (χ3n) is 4.36. The molecule has 1 heterocycles. The van der Waals surface area contributed by atoms with E-state index in [-0.39, 0.29) is 5.91 Å². The lowest BCUT2D eigenvalue weighted by Crippen LogP contribution is -2.45. The number of carbonyl (C=O) groups excluding carboxylic acids is 1. The number of rotatable bonds is 5. The van der Waals surface area contributed by atoms with Gasteiger partial charge >= 0.3 is 6.09 Å². The van der Waals surface area contributed by atoms with Crippen molar-refractivity contribution >= 4 is 46.6 Å². The fourth-order valence-electron chi connectivity index (χ4n) is 2.92. The Kier molecular flexibility index (Phi) is 6.91. The molecular weight excluding hydrogens is 453 g/mol. The summed E-state index contributed by atoms with van der Waals surface area (Å²) in [6, 6.07) is 14.5. The van der Waals surface area contributed by atoms with Crippen LogP contribution in [0.2, 0.25) is 10.0 Å². The number of aromatic nitrogens is 1. The molecule has 166 valence electrons. The summed E-state index contributed by atoms with van der Waals surface area (Å²) in [4.78, 5) is 29.4. The molecule has 0 aliphatic rings. The Morgan fingerprint density at radius 3 is 2.22 bits per heavy atom. The molecule has 7 nitrogen and oxygen atoms in total. The number of hydrogen-bond donors (Lipinski definition) is 2. The van der Waals surface area contributed by atoms with Crippen LogP contribution >= 0.6 is 23.2 Å². The molecule has 0 bridgehead atoms. The predicted octanol–water partition coefficient (Wildman–Crippen LogP) is 6.72. The summed E-state index contributed by atoms with van der Waals surface area (Å²) >= 11 is 11.8. The van der Waals surface area contributed by atoms with Gasteiger partial charge in [-0.15, -0.1) is 0 Å². The molecule has 3 aromatic rings. The molecule has 1 aromatic heterocycles. The van der Waals surface area contributed by atoms with Crippen LogP contribution in [0.5, 0.6) is 11.6 Å². The Hall–Kier alpha value is -3.29. The van der Waals surface area contributed by atoms with Gasteiger partial charge in [-0.05, 0) is 69.3 Å². The molecule has 0 aliphatic carbocycles. The number of amides is 2. The highest BCUT2D eigenvalue weighted by Crippen LogP contribution is 2.28. The summed E-state index contributed by atoms with van der Waals surface area (Å²) in [5.74, 6) is 0.459. The number of carbonyl (C=O) groups is 2. The van der Waals surface area contributed by atoms with Gasteiger partial charge in [0, 0.05) is 22.9 Å². The van der Waals surface area contributed by atoms with E-state index in [1.54, 1.807) is 48.5 Å². The van der Waals surface area contributed by atoms with Crippen molar-refractivity contribution in [2.24, 2.45) is 0 Å². The lowest BCUT2D eigenvalue weighted by Gasteiger charge is -2.33. The average molecular weight is 474 g/mol. The highest BCUT2D eigenvalue weighted by molar-refractivity contribution is 6.42. The fourth-order valence-corrected chi connectivity index (χ4v) is 3.22. The van der Waals surface area contributed by atoms with Gasteiger partial charge in [0.15, 0.2) is 0 Å². The van der Waals surface area contributed by atoms with E-state index in [1.165, 1.54) is 17.2 Å². The lowest BCUT2D eigenvalue weighted by atomic mass is 10.1. The minimum atomic E-state index is -1.04. The Morgan fingerprint density at radius 1 is 1.00 bits per heavy atom. The summed E-state index contributed by atoms with van der Waals surface area (Å²) in [6.45, 7) is 5.45. The summed E-state index contributed by atoms with van der Waals surface area (Å²) in [5, 5.41) is 12.9. The molecule has 0 spiro atoms. The van der Waals surface area contributed by atoms with E-state index in [9.17, 15) is 14.7 Å².